The van der Waals surface area contributed by atoms with Gasteiger partial charge in [0, 0.05) is 6.20 Å². The molecular formula is C6H5ClFNO3S. The molecule has 0 aliphatic heterocycles. The molecule has 13 heavy (non-hydrogen) atoms. The second kappa shape index (κ2) is 3.47. The van der Waals surface area contributed by atoms with Crippen LogP contribution in [0.15, 0.2) is 17.2 Å². The van der Waals surface area contributed by atoms with E-state index in [1.807, 2.05) is 0 Å². The zero-order valence-corrected chi connectivity index (χ0v) is 8.06. The maximum Gasteiger partial charge on any atom is 0.339 e. The average molecular weight is 226 g/mol. The Morgan fingerprint density at radius 1 is 1.62 bits per heavy atom. The number of hydrogen-bond donors (Lipinski definition) is 0. The third kappa shape index (κ3) is 2.07. The number of rotatable bonds is 2. The Bertz CT molecular complexity index is 420. The van der Waals surface area contributed by atoms with Crippen LogP contribution in [-0.4, -0.2) is 20.5 Å². The molecule has 0 fully saturated rings. The molecule has 0 unspecified atom stereocenters. The van der Waals surface area contributed by atoms with Crippen LogP contribution in [-0.2, 0) is 10.2 Å². The van der Waals surface area contributed by atoms with Gasteiger partial charge in [0.1, 0.15) is 0 Å². The van der Waals surface area contributed by atoms with E-state index < -0.39 is 15.1 Å². The van der Waals surface area contributed by atoms with Crippen molar-refractivity contribution >= 4 is 21.8 Å². The first-order chi connectivity index (χ1) is 5.96. The lowest BCUT2D eigenvalue weighted by Crippen LogP contribution is -1.99. The third-order valence-electron chi connectivity index (χ3n) is 1.26. The zero-order chi connectivity index (χ0) is 10.1. The van der Waals surface area contributed by atoms with Crippen LogP contribution in [0.25, 0.3) is 0 Å². The van der Waals surface area contributed by atoms with E-state index in [-0.39, 0.29) is 10.9 Å². The van der Waals surface area contributed by atoms with Crippen LogP contribution in [0.3, 0.4) is 0 Å². The second-order valence-electron chi connectivity index (χ2n) is 2.07. The molecule has 0 radical (unpaired) electrons. The monoisotopic (exact) mass is 225 g/mol. The Morgan fingerprint density at radius 3 is 2.62 bits per heavy atom. The molecule has 1 aromatic heterocycles. The van der Waals surface area contributed by atoms with E-state index in [0.29, 0.717) is 0 Å². The summed E-state index contributed by atoms with van der Waals surface area (Å²) in [5, 5.41) is -0.255. The fraction of sp³-hybridized carbons (Fsp3) is 0.167. The number of hydrogen-bond acceptors (Lipinski definition) is 4. The molecule has 0 amide bonds. The molecule has 0 saturated carbocycles. The van der Waals surface area contributed by atoms with Gasteiger partial charge >= 0.3 is 10.2 Å². The van der Waals surface area contributed by atoms with Crippen LogP contribution in [0.4, 0.5) is 3.89 Å². The minimum absolute atomic E-state index is 0.255. The Kier molecular flexibility index (Phi) is 2.72. The predicted octanol–water partition coefficient (Wildman–Crippen LogP) is 1.40. The summed E-state index contributed by atoms with van der Waals surface area (Å²) in [4.78, 5) is 2.76. The number of nitrogens with zero attached hydrogens (tertiary/aromatic N) is 1. The van der Waals surface area contributed by atoms with Crippen molar-refractivity contribution in [2.24, 2.45) is 0 Å². The van der Waals surface area contributed by atoms with Crippen molar-refractivity contribution in [2.45, 2.75) is 4.90 Å². The van der Waals surface area contributed by atoms with Gasteiger partial charge in [0.15, 0.2) is 4.90 Å². The van der Waals surface area contributed by atoms with Crippen molar-refractivity contribution in [3.8, 4) is 5.88 Å². The molecule has 7 heteroatoms. The topological polar surface area (TPSA) is 56.3 Å². The van der Waals surface area contributed by atoms with E-state index in [2.05, 4.69) is 9.72 Å². The van der Waals surface area contributed by atoms with Gasteiger partial charge in [0.25, 0.3) is 0 Å². The molecule has 0 spiro atoms. The van der Waals surface area contributed by atoms with Crippen LogP contribution in [0, 0.1) is 0 Å². The molecule has 0 saturated heterocycles. The SMILES string of the molecule is COc1nccc(Cl)c1S(=O)(=O)F. The van der Waals surface area contributed by atoms with Crippen molar-refractivity contribution < 1.29 is 17.0 Å². The molecule has 4 nitrogen and oxygen atoms in total. The highest BCUT2D eigenvalue weighted by Crippen LogP contribution is 2.29. The number of pyridine rings is 1. The molecule has 0 atom stereocenters. The fourth-order valence-electron chi connectivity index (χ4n) is 0.773. The Morgan fingerprint density at radius 2 is 2.23 bits per heavy atom. The predicted molar refractivity (Wildman–Crippen MR) is 44.1 cm³/mol. The van der Waals surface area contributed by atoms with E-state index in [9.17, 15) is 12.3 Å². The first-order valence-corrected chi connectivity index (χ1v) is 4.86. The van der Waals surface area contributed by atoms with Crippen molar-refractivity contribution in [1.82, 2.24) is 4.98 Å². The van der Waals surface area contributed by atoms with Crippen molar-refractivity contribution in [1.29, 1.82) is 0 Å². The van der Waals surface area contributed by atoms with Gasteiger partial charge in [-0.15, -0.1) is 3.89 Å². The molecule has 1 aromatic rings. The molecule has 0 aliphatic rings. The minimum atomic E-state index is -4.90. The highest BCUT2D eigenvalue weighted by atomic mass is 35.5. The van der Waals surface area contributed by atoms with E-state index in [1.54, 1.807) is 0 Å². The molecule has 0 bridgehead atoms. The Labute approximate surface area is 79.5 Å². The summed E-state index contributed by atoms with van der Waals surface area (Å²) >= 11 is 5.45. The Balaban J connectivity index is 3.50. The first kappa shape index (κ1) is 10.2. The molecule has 1 heterocycles. The normalized spacial score (nSPS) is 11.3. The molecule has 1 rings (SSSR count). The minimum Gasteiger partial charge on any atom is -0.480 e. The second-order valence-corrected chi connectivity index (χ2v) is 3.76. The number of aromatic nitrogens is 1. The van der Waals surface area contributed by atoms with E-state index in [0.717, 1.165) is 6.07 Å². The number of ether oxygens (including phenoxy) is 1. The molecule has 0 N–H and O–H groups in total. The van der Waals surface area contributed by atoms with Gasteiger partial charge in [-0.3, -0.25) is 0 Å². The van der Waals surface area contributed by atoms with Gasteiger partial charge in [0.2, 0.25) is 5.88 Å². The fourth-order valence-corrected chi connectivity index (χ4v) is 1.83. The van der Waals surface area contributed by atoms with E-state index in [4.69, 9.17) is 11.6 Å². The maximum atomic E-state index is 12.6. The van der Waals surface area contributed by atoms with Gasteiger partial charge in [-0.1, -0.05) is 11.6 Å². The third-order valence-corrected chi connectivity index (χ3v) is 2.57. The van der Waals surface area contributed by atoms with Gasteiger partial charge in [-0.05, 0) is 6.07 Å². The summed E-state index contributed by atoms with van der Waals surface area (Å²) in [5.74, 6) is -0.352. The first-order valence-electron chi connectivity index (χ1n) is 3.10. The Hall–Kier alpha value is -0.880. The summed E-state index contributed by atoms with van der Waals surface area (Å²) in [6, 6.07) is 1.16. The average Bonchev–Trinajstić information content (AvgIpc) is 2.01. The summed E-state index contributed by atoms with van der Waals surface area (Å²) in [6.45, 7) is 0. The maximum absolute atomic E-state index is 12.6. The molecule has 0 aliphatic carbocycles. The highest BCUT2D eigenvalue weighted by Gasteiger charge is 2.23. The standard InChI is InChI=1S/C6H5ClFNO3S/c1-12-6-5(13(8,10)11)4(7)2-3-9-6/h2-3H,1H3. The lowest BCUT2D eigenvalue weighted by molar-refractivity contribution is 0.384. The summed E-state index contributed by atoms with van der Waals surface area (Å²) < 4.78 is 38.3. The van der Waals surface area contributed by atoms with Gasteiger partial charge < -0.3 is 4.74 Å². The summed E-state index contributed by atoms with van der Waals surface area (Å²) in [6.07, 6.45) is 1.22. The van der Waals surface area contributed by atoms with Crippen LogP contribution in [0.5, 0.6) is 5.88 Å². The van der Waals surface area contributed by atoms with Crippen LogP contribution in [0.2, 0.25) is 5.02 Å². The lowest BCUT2D eigenvalue weighted by Gasteiger charge is -2.03. The quantitative estimate of drug-likeness (QED) is 0.714. The zero-order valence-electron chi connectivity index (χ0n) is 6.49. The molecule has 72 valence electrons. The molecule has 0 aromatic carbocycles. The summed E-state index contributed by atoms with van der Waals surface area (Å²) in [7, 11) is -3.72. The van der Waals surface area contributed by atoms with Crippen molar-refractivity contribution in [3.05, 3.63) is 17.3 Å². The van der Waals surface area contributed by atoms with Crippen molar-refractivity contribution in [2.75, 3.05) is 7.11 Å². The van der Waals surface area contributed by atoms with Crippen LogP contribution < -0.4 is 4.74 Å². The summed E-state index contributed by atoms with van der Waals surface area (Å²) in [5.41, 5.74) is 0. The van der Waals surface area contributed by atoms with Crippen LogP contribution in [0.1, 0.15) is 0 Å². The van der Waals surface area contributed by atoms with E-state index in [1.165, 1.54) is 13.3 Å². The van der Waals surface area contributed by atoms with Gasteiger partial charge in [-0.25, -0.2) is 4.98 Å². The lowest BCUT2D eigenvalue weighted by atomic mass is 10.5. The molecular weight excluding hydrogens is 221 g/mol. The largest absolute Gasteiger partial charge is 0.480 e. The smallest absolute Gasteiger partial charge is 0.339 e. The van der Waals surface area contributed by atoms with E-state index >= 15 is 0 Å². The highest BCUT2D eigenvalue weighted by molar-refractivity contribution is 7.86. The number of methoxy groups -OCH3 is 1. The van der Waals surface area contributed by atoms with Gasteiger partial charge in [0.05, 0.1) is 12.1 Å². The van der Waals surface area contributed by atoms with Crippen molar-refractivity contribution in [3.63, 3.8) is 0 Å². The number of halogens is 2. The van der Waals surface area contributed by atoms with Gasteiger partial charge in [-0.2, -0.15) is 8.42 Å². The van der Waals surface area contributed by atoms with Crippen LogP contribution >= 0.6 is 11.6 Å².